The minimum absolute atomic E-state index is 0.0431. The quantitative estimate of drug-likeness (QED) is 0.0638. The van der Waals surface area contributed by atoms with Gasteiger partial charge >= 0.3 is 5.97 Å². The first kappa shape index (κ1) is 34.9. The van der Waals surface area contributed by atoms with Gasteiger partial charge in [-0.1, -0.05) is 105 Å². The van der Waals surface area contributed by atoms with Gasteiger partial charge in [-0.05, 0) is 61.1 Å². The largest absolute Gasteiger partial charge is 0.465 e. The van der Waals surface area contributed by atoms with Gasteiger partial charge in [0.05, 0.1) is 35.1 Å². The summed E-state index contributed by atoms with van der Waals surface area (Å²) in [5.74, 6) is 0.919. The highest BCUT2D eigenvalue weighted by atomic mass is 32.2. The molecule has 0 saturated heterocycles. The topological polar surface area (TPSA) is 141 Å². The average molecular weight is 695 g/mol. The number of benzene rings is 3. The minimum atomic E-state index is -1.21. The van der Waals surface area contributed by atoms with Crippen molar-refractivity contribution >= 4 is 40.2 Å². The molecule has 5 aromatic rings. The number of amides is 1. The molecule has 1 aliphatic rings. The van der Waals surface area contributed by atoms with Crippen molar-refractivity contribution in [1.29, 1.82) is 0 Å². The van der Waals surface area contributed by atoms with Gasteiger partial charge in [-0.3, -0.25) is 14.4 Å². The predicted molar refractivity (Wildman–Crippen MR) is 194 cm³/mol. The number of aromatic nitrogens is 5. The number of fused-ring (bicyclic) bond motifs is 1. The number of nitrogens with one attached hydrogen (secondary N) is 2. The Labute approximate surface area is 295 Å². The summed E-state index contributed by atoms with van der Waals surface area (Å²) in [6.45, 7) is 2.51. The van der Waals surface area contributed by atoms with Gasteiger partial charge in [-0.25, -0.2) is 9.67 Å². The van der Waals surface area contributed by atoms with E-state index in [0.717, 1.165) is 61.6 Å². The van der Waals surface area contributed by atoms with Crippen molar-refractivity contribution < 1.29 is 19.1 Å². The van der Waals surface area contributed by atoms with Crippen LogP contribution in [0.4, 0.5) is 5.69 Å². The standard InChI is InChI=1S/C38H42N6O5S/c1-2-3-4-14-23-48-34(45)25-50-33-24-44(43-42-33)35(36-39-29-19-10-8-18-28(29)37(46)41-36)38(47)40-30-20-11-13-22-32(30)49-31-21-12-9-17-27(31)26-15-6-5-7-16-26/h8-13,17-22,24,26,35H,2-7,14-16,23,25H2,1H3,(H,40,47)(H,39,41,46). The lowest BCUT2D eigenvalue weighted by Gasteiger charge is -2.24. The van der Waals surface area contributed by atoms with Crippen LogP contribution in [0.25, 0.3) is 10.9 Å². The lowest BCUT2D eigenvalue weighted by molar-refractivity contribution is -0.140. The van der Waals surface area contributed by atoms with Crippen molar-refractivity contribution in [2.75, 3.05) is 17.7 Å². The number of carbonyl (C=O) groups is 2. The van der Waals surface area contributed by atoms with Crippen LogP contribution in [0.3, 0.4) is 0 Å². The molecule has 2 N–H and O–H groups in total. The maximum atomic E-state index is 14.3. The molecule has 3 aromatic carbocycles. The van der Waals surface area contributed by atoms with Gasteiger partial charge in [0, 0.05) is 0 Å². The van der Waals surface area contributed by atoms with Crippen molar-refractivity contribution in [1.82, 2.24) is 25.0 Å². The first-order valence-electron chi connectivity index (χ1n) is 17.4. The summed E-state index contributed by atoms with van der Waals surface area (Å²) < 4.78 is 13.2. The van der Waals surface area contributed by atoms with E-state index in [2.05, 4.69) is 38.6 Å². The molecule has 0 spiro atoms. The second-order valence-electron chi connectivity index (χ2n) is 12.4. The van der Waals surface area contributed by atoms with Crippen LogP contribution < -0.4 is 15.6 Å². The number of anilines is 1. The fraction of sp³-hybridized carbons (Fsp3) is 0.368. The Balaban J connectivity index is 1.24. The van der Waals surface area contributed by atoms with Crippen LogP contribution >= 0.6 is 11.8 Å². The van der Waals surface area contributed by atoms with Gasteiger partial charge < -0.3 is 19.8 Å². The Morgan fingerprint density at radius 2 is 1.72 bits per heavy atom. The lowest BCUT2D eigenvalue weighted by Crippen LogP contribution is -2.31. The lowest BCUT2D eigenvalue weighted by atomic mass is 9.84. The zero-order valence-electron chi connectivity index (χ0n) is 28.2. The third kappa shape index (κ3) is 8.78. The molecule has 1 amide bonds. The number of hydrogen-bond donors (Lipinski definition) is 2. The predicted octanol–water partition coefficient (Wildman–Crippen LogP) is 7.80. The number of para-hydroxylation sites is 4. The Morgan fingerprint density at radius 1 is 0.960 bits per heavy atom. The molecule has 1 aliphatic carbocycles. The van der Waals surface area contributed by atoms with Gasteiger partial charge in [-0.2, -0.15) is 0 Å². The molecule has 1 saturated carbocycles. The summed E-state index contributed by atoms with van der Waals surface area (Å²) >= 11 is 1.16. The van der Waals surface area contributed by atoms with Crippen molar-refractivity contribution in [2.45, 2.75) is 81.7 Å². The second-order valence-corrected chi connectivity index (χ2v) is 13.4. The van der Waals surface area contributed by atoms with Crippen LogP contribution in [0.5, 0.6) is 11.5 Å². The van der Waals surface area contributed by atoms with E-state index in [4.69, 9.17) is 9.47 Å². The highest BCUT2D eigenvalue weighted by molar-refractivity contribution is 7.99. The molecule has 6 rings (SSSR count). The molecule has 260 valence electrons. The van der Waals surface area contributed by atoms with E-state index in [1.807, 2.05) is 36.4 Å². The highest BCUT2D eigenvalue weighted by Gasteiger charge is 2.29. The zero-order chi connectivity index (χ0) is 34.7. The number of aromatic amines is 1. The van der Waals surface area contributed by atoms with E-state index in [0.29, 0.717) is 39.9 Å². The number of hydrogen-bond acceptors (Lipinski definition) is 9. The Kier molecular flexibility index (Phi) is 11.9. The molecule has 0 radical (unpaired) electrons. The van der Waals surface area contributed by atoms with E-state index in [1.165, 1.54) is 23.9 Å². The summed E-state index contributed by atoms with van der Waals surface area (Å²) in [5, 5.41) is 12.2. The Morgan fingerprint density at radius 3 is 2.56 bits per heavy atom. The zero-order valence-corrected chi connectivity index (χ0v) is 29.0. The van der Waals surface area contributed by atoms with Crippen LogP contribution in [0, 0.1) is 0 Å². The van der Waals surface area contributed by atoms with Gasteiger partial charge in [0.25, 0.3) is 11.5 Å². The van der Waals surface area contributed by atoms with Gasteiger partial charge in [0.2, 0.25) is 0 Å². The van der Waals surface area contributed by atoms with Crippen LogP contribution in [-0.2, 0) is 14.3 Å². The van der Waals surface area contributed by atoms with Crippen molar-refractivity contribution in [3.05, 3.63) is 101 Å². The monoisotopic (exact) mass is 694 g/mol. The molecule has 1 fully saturated rings. The van der Waals surface area contributed by atoms with Gasteiger partial charge in [0.15, 0.2) is 11.8 Å². The van der Waals surface area contributed by atoms with Crippen LogP contribution in [0.15, 0.2) is 88.8 Å². The van der Waals surface area contributed by atoms with Gasteiger partial charge in [-0.15, -0.1) is 5.10 Å². The number of unbranched alkanes of at least 4 members (excludes halogenated alkanes) is 3. The smallest absolute Gasteiger partial charge is 0.316 e. The van der Waals surface area contributed by atoms with E-state index in [-0.39, 0.29) is 23.1 Å². The Bertz CT molecular complexity index is 1970. The maximum absolute atomic E-state index is 14.3. The summed E-state index contributed by atoms with van der Waals surface area (Å²) in [6, 6.07) is 21.0. The molecule has 2 heterocycles. The average Bonchev–Trinajstić information content (AvgIpc) is 3.60. The number of thioether (sulfide) groups is 1. The molecule has 12 heteroatoms. The molecule has 0 aliphatic heterocycles. The molecule has 1 unspecified atom stereocenters. The van der Waals surface area contributed by atoms with E-state index >= 15 is 0 Å². The summed E-state index contributed by atoms with van der Waals surface area (Å²) in [4.78, 5) is 47.1. The van der Waals surface area contributed by atoms with Gasteiger partial charge in [0.1, 0.15) is 16.6 Å². The number of esters is 1. The Hall–Kier alpha value is -4.97. The molecule has 50 heavy (non-hydrogen) atoms. The van der Waals surface area contributed by atoms with Crippen LogP contribution in [0.2, 0.25) is 0 Å². The van der Waals surface area contributed by atoms with Crippen molar-refractivity contribution in [3.63, 3.8) is 0 Å². The number of rotatable bonds is 15. The molecular formula is C38H42N6O5S. The van der Waals surface area contributed by atoms with E-state index in [9.17, 15) is 14.4 Å². The molecule has 0 bridgehead atoms. The third-order valence-electron chi connectivity index (χ3n) is 8.82. The van der Waals surface area contributed by atoms with Crippen LogP contribution in [-0.4, -0.2) is 49.2 Å². The molecular weight excluding hydrogens is 653 g/mol. The normalized spacial score (nSPS) is 13.9. The maximum Gasteiger partial charge on any atom is 0.316 e. The number of carbonyl (C=O) groups excluding carboxylic acids is 2. The number of nitrogens with zero attached hydrogens (tertiary/aromatic N) is 4. The van der Waals surface area contributed by atoms with E-state index < -0.39 is 11.9 Å². The summed E-state index contributed by atoms with van der Waals surface area (Å²) in [5.41, 5.74) is 1.66. The molecule has 2 aromatic heterocycles. The van der Waals surface area contributed by atoms with Crippen molar-refractivity contribution in [3.8, 4) is 11.5 Å². The second kappa shape index (κ2) is 17.1. The molecule has 11 nitrogen and oxygen atoms in total. The first-order chi connectivity index (χ1) is 24.5. The SMILES string of the molecule is CCCCCCOC(=O)CSc1cn(C(C(=O)Nc2ccccc2Oc2ccccc2C2CCCCC2)c2nc3ccccc3c(=O)[nH]2)nn1. The van der Waals surface area contributed by atoms with E-state index in [1.54, 1.807) is 36.5 Å². The fourth-order valence-corrected chi connectivity index (χ4v) is 6.87. The highest BCUT2D eigenvalue weighted by Crippen LogP contribution is 2.40. The third-order valence-corrected chi connectivity index (χ3v) is 9.68. The number of ether oxygens (including phenoxy) is 2. The van der Waals surface area contributed by atoms with Crippen LogP contribution in [0.1, 0.15) is 88.1 Å². The number of H-pyrrole nitrogens is 1. The summed E-state index contributed by atoms with van der Waals surface area (Å²) in [7, 11) is 0. The van der Waals surface area contributed by atoms with Crippen molar-refractivity contribution in [2.24, 2.45) is 0 Å². The minimum Gasteiger partial charge on any atom is -0.465 e. The summed E-state index contributed by atoms with van der Waals surface area (Å²) in [6.07, 6.45) is 11.5. The first-order valence-corrected chi connectivity index (χ1v) is 18.3. The fourth-order valence-electron chi connectivity index (χ4n) is 6.25. The molecule has 1 atom stereocenters.